The molecular weight excluding hydrogens is 809 g/mol. The average Bonchev–Trinajstić information content (AvgIpc) is 2.57. The molecule has 0 amide bonds. The summed E-state index contributed by atoms with van der Waals surface area (Å²) >= 11 is -22.5. The molecule has 0 aromatic rings. The Hall–Kier alpha value is -0.630. The summed E-state index contributed by atoms with van der Waals surface area (Å²) < 4.78 is 119. The molecule has 3 nitrogen and oxygen atoms in total. The molecule has 0 saturated carbocycles. The molecule has 0 fully saturated rings. The maximum absolute atomic E-state index is 11.2. The average molecular weight is 833 g/mol. The van der Waals surface area contributed by atoms with Gasteiger partial charge in [-0.05, 0) is 0 Å². The van der Waals surface area contributed by atoms with E-state index in [0.717, 1.165) is 0 Å². The van der Waals surface area contributed by atoms with Crippen LogP contribution in [-0.4, -0.2) is 39.0 Å². The summed E-state index contributed by atoms with van der Waals surface area (Å²) in [6.45, 7) is 15.2. The Morgan fingerprint density at radius 2 is 0.765 bits per heavy atom. The van der Waals surface area contributed by atoms with E-state index in [1.165, 1.54) is 37.5 Å². The molecule has 0 bridgehead atoms. The van der Waals surface area contributed by atoms with Crippen LogP contribution in [-0.2, 0) is 19.5 Å². The number of nitrogens with zero attached hydrogens (tertiary/aromatic N) is 3. The Morgan fingerprint density at radius 3 is 0.794 bits per heavy atom. The summed E-state index contributed by atoms with van der Waals surface area (Å²) in [4.78, 5) is 0. The van der Waals surface area contributed by atoms with E-state index in [-0.39, 0.29) is 24.9 Å². The summed E-state index contributed by atoms with van der Waals surface area (Å²) in [5.74, 6) is 0. The third-order valence-corrected chi connectivity index (χ3v) is 2.56. The standard InChI is InChI=1S/C10H15.3C2H3N.12FH.Rh.2Sb/c1-7-6-10(4,5)9(3)8(7)2;3*1-2-3;;;;;;;;;;;;;;;/h1-5H3;3*1H3;12*1H;;;/q-1;;;;;;;;;;;;;;;;+3;2*+5/p-12. The van der Waals surface area contributed by atoms with Crippen molar-refractivity contribution in [2.45, 2.75) is 55.4 Å². The largest absolute Gasteiger partial charge is 3.00 e. The molecule has 1 aliphatic carbocycles. The van der Waals surface area contributed by atoms with Crippen molar-refractivity contribution >= 4 is 39.0 Å². The predicted octanol–water partition coefficient (Wildman–Crippen LogP) is 8.98. The van der Waals surface area contributed by atoms with Gasteiger partial charge in [-0.1, -0.05) is 33.1 Å². The Morgan fingerprint density at radius 1 is 0.618 bits per heavy atom. The van der Waals surface area contributed by atoms with Crippen molar-refractivity contribution in [3.05, 3.63) is 22.8 Å². The molecule has 0 aromatic carbocycles. The number of nitriles is 3. The Balaban J connectivity index is -0.0000000738. The fraction of sp³-hybridized carbons (Fsp3) is 0.562. The molecular formula is C16H24F12N3RhSb2. The first-order chi connectivity index (χ1) is 13.6. The van der Waals surface area contributed by atoms with E-state index in [1.54, 1.807) is 18.2 Å². The minimum Gasteiger partial charge on any atom is 3.00 e. The van der Waals surface area contributed by atoms with Gasteiger partial charge in [-0.2, -0.15) is 26.9 Å². The summed E-state index contributed by atoms with van der Waals surface area (Å²) in [6, 6.07) is 5.25. The number of rotatable bonds is 0. The fourth-order valence-corrected chi connectivity index (χ4v) is 1.41. The third kappa shape index (κ3) is 85.7. The number of allylic oxidation sites excluding steroid dienone is 4. The topological polar surface area (TPSA) is 71.4 Å². The Bertz CT molecular complexity index is 741. The van der Waals surface area contributed by atoms with Crippen molar-refractivity contribution in [3.63, 3.8) is 0 Å². The molecule has 34 heavy (non-hydrogen) atoms. The van der Waals surface area contributed by atoms with Crippen LogP contribution in [0.1, 0.15) is 55.4 Å². The zero-order valence-electron chi connectivity index (χ0n) is 19.1. The van der Waals surface area contributed by atoms with Gasteiger partial charge in [0.05, 0.1) is 18.2 Å². The van der Waals surface area contributed by atoms with E-state index >= 15 is 0 Å². The van der Waals surface area contributed by atoms with Gasteiger partial charge in [0.2, 0.25) is 0 Å². The first-order valence-electron chi connectivity index (χ1n) is 7.95. The third-order valence-electron chi connectivity index (χ3n) is 2.56. The van der Waals surface area contributed by atoms with Crippen molar-refractivity contribution in [1.29, 1.82) is 15.8 Å². The molecule has 0 N–H and O–H groups in total. The van der Waals surface area contributed by atoms with Gasteiger partial charge in [0, 0.05) is 20.8 Å². The van der Waals surface area contributed by atoms with Crippen LogP contribution >= 0.6 is 0 Å². The molecule has 0 radical (unpaired) electrons. The number of hydrogen-bond donors (Lipinski definition) is 0. The monoisotopic (exact) mass is 831 g/mol. The van der Waals surface area contributed by atoms with E-state index in [2.05, 4.69) is 40.7 Å². The molecule has 0 atom stereocenters. The first kappa shape index (κ1) is 46.7. The molecule has 0 aromatic heterocycles. The van der Waals surface area contributed by atoms with Crippen molar-refractivity contribution in [2.75, 3.05) is 0 Å². The molecule has 206 valence electrons. The zero-order valence-corrected chi connectivity index (χ0v) is 25.8. The van der Waals surface area contributed by atoms with Gasteiger partial charge >= 0.3 is 92.2 Å². The molecule has 1 aliphatic rings. The molecule has 0 saturated heterocycles. The summed E-state index contributed by atoms with van der Waals surface area (Å²) in [5, 5.41) is 22.0. The predicted molar refractivity (Wildman–Crippen MR) is 103 cm³/mol. The SMILES string of the molecule is CC#N.CC#N.CC#N.CC1=[C-]C(C)(C)C(C)=C1C.[F][Sb-]([F])([F])([F])([F])[F].[F][Sb-]([F])([F])([F])([F])[F].[Rh+3]. The minimum absolute atomic E-state index is 0. The van der Waals surface area contributed by atoms with Crippen LogP contribution < -0.4 is 0 Å². The van der Waals surface area contributed by atoms with Gasteiger partial charge < -0.3 is 0 Å². The summed E-state index contributed by atoms with van der Waals surface area (Å²) in [6.07, 6.45) is 3.44. The van der Waals surface area contributed by atoms with Crippen molar-refractivity contribution < 1.29 is 53.2 Å². The van der Waals surface area contributed by atoms with Gasteiger partial charge in [0.15, 0.2) is 0 Å². The van der Waals surface area contributed by atoms with Crippen molar-refractivity contribution in [2.24, 2.45) is 5.41 Å². The van der Waals surface area contributed by atoms with E-state index in [0.29, 0.717) is 0 Å². The molecule has 0 aliphatic heterocycles. The smallest absolute Gasteiger partial charge is 3.00 e. The Kier molecular flexibility index (Phi) is 18.7. The number of hydrogen-bond acceptors (Lipinski definition) is 3. The van der Waals surface area contributed by atoms with Gasteiger partial charge in [-0.15, -0.1) is 6.92 Å². The fourth-order valence-electron chi connectivity index (χ4n) is 1.41. The van der Waals surface area contributed by atoms with Gasteiger partial charge in [-0.25, -0.2) is 5.57 Å². The summed E-state index contributed by atoms with van der Waals surface area (Å²) in [5.41, 5.74) is 4.39. The molecule has 0 heterocycles. The molecule has 1 rings (SSSR count). The van der Waals surface area contributed by atoms with E-state index in [1.807, 2.05) is 0 Å². The van der Waals surface area contributed by atoms with E-state index < -0.39 is 39.0 Å². The van der Waals surface area contributed by atoms with Crippen LogP contribution in [0.5, 0.6) is 0 Å². The van der Waals surface area contributed by atoms with Crippen LogP contribution in [0.25, 0.3) is 0 Å². The van der Waals surface area contributed by atoms with E-state index in [9.17, 15) is 33.8 Å². The minimum atomic E-state index is -11.2. The van der Waals surface area contributed by atoms with Crippen molar-refractivity contribution in [3.8, 4) is 18.2 Å². The van der Waals surface area contributed by atoms with Gasteiger partial charge in [0.25, 0.3) is 0 Å². The van der Waals surface area contributed by atoms with Crippen LogP contribution in [0, 0.1) is 45.5 Å². The van der Waals surface area contributed by atoms with Gasteiger partial charge in [-0.3, -0.25) is 6.08 Å². The second-order valence-corrected chi connectivity index (χ2v) is 17.2. The maximum Gasteiger partial charge on any atom is 3.00 e. The van der Waals surface area contributed by atoms with Crippen LogP contribution in [0.2, 0.25) is 0 Å². The number of halogens is 12. The zero-order chi connectivity index (χ0) is 28.9. The van der Waals surface area contributed by atoms with E-state index in [4.69, 9.17) is 15.8 Å². The first-order valence-corrected chi connectivity index (χ1v) is 19.5. The van der Waals surface area contributed by atoms with Crippen LogP contribution in [0.4, 0.5) is 33.8 Å². The normalized spacial score (nSPS) is 17.1. The second kappa shape index (κ2) is 13.6. The molecule has 0 unspecified atom stereocenters. The van der Waals surface area contributed by atoms with Crippen molar-refractivity contribution in [1.82, 2.24) is 0 Å². The van der Waals surface area contributed by atoms with Crippen LogP contribution in [0.15, 0.2) is 16.7 Å². The second-order valence-electron chi connectivity index (χ2n) is 6.21. The summed E-state index contributed by atoms with van der Waals surface area (Å²) in [7, 11) is 0. The quantitative estimate of drug-likeness (QED) is 0.139. The van der Waals surface area contributed by atoms with Crippen LogP contribution in [0.3, 0.4) is 0 Å². The molecule has 18 heteroatoms. The maximum atomic E-state index is 9.93. The molecule has 0 spiro atoms. The van der Waals surface area contributed by atoms with Gasteiger partial charge in [0.1, 0.15) is 0 Å². The Labute approximate surface area is 208 Å².